The monoisotopic (exact) mass is 635 g/mol. The van der Waals surface area contributed by atoms with E-state index in [9.17, 15) is 9.59 Å². The van der Waals surface area contributed by atoms with E-state index in [-0.39, 0.29) is 22.9 Å². The summed E-state index contributed by atoms with van der Waals surface area (Å²) in [6.07, 6.45) is 7.17. The first-order valence-corrected chi connectivity index (χ1v) is 16.2. The van der Waals surface area contributed by atoms with Crippen molar-refractivity contribution >= 4 is 38.5 Å². The predicted molar refractivity (Wildman–Crippen MR) is 172 cm³/mol. The van der Waals surface area contributed by atoms with E-state index in [1.54, 1.807) is 12.1 Å². The third kappa shape index (κ3) is 4.46. The van der Waals surface area contributed by atoms with Crippen molar-refractivity contribution in [2.45, 2.75) is 51.0 Å². The number of nitrogens with one attached hydrogen (secondary N) is 1. The molecular formula is C36H34BrN3O3. The Hall–Kier alpha value is -3.71. The molecule has 4 bridgehead atoms. The van der Waals surface area contributed by atoms with Gasteiger partial charge < -0.3 is 9.72 Å². The Balaban J connectivity index is 1.29. The lowest BCUT2D eigenvalue weighted by atomic mass is 9.49. The van der Waals surface area contributed by atoms with Crippen LogP contribution < -0.4 is 10.3 Å². The molecule has 4 aliphatic carbocycles. The fourth-order valence-corrected chi connectivity index (χ4v) is 9.36. The van der Waals surface area contributed by atoms with Gasteiger partial charge in [0.25, 0.3) is 5.56 Å². The number of hydrogen-bond donors (Lipinski definition) is 1. The van der Waals surface area contributed by atoms with Gasteiger partial charge in [0.15, 0.2) is 0 Å². The summed E-state index contributed by atoms with van der Waals surface area (Å²) in [5, 5.41) is 7.83. The largest absolute Gasteiger partial charge is 0.497 e. The topological polar surface area (TPSA) is 74.8 Å². The first-order valence-electron chi connectivity index (χ1n) is 15.4. The van der Waals surface area contributed by atoms with E-state index in [1.165, 1.54) is 19.3 Å². The first-order chi connectivity index (χ1) is 20.9. The van der Waals surface area contributed by atoms with Gasteiger partial charge in [-0.2, -0.15) is 5.10 Å². The molecule has 1 N–H and O–H groups in total. The number of benzene rings is 3. The van der Waals surface area contributed by atoms with Gasteiger partial charge in [0.2, 0.25) is 5.91 Å². The Labute approximate surface area is 259 Å². The summed E-state index contributed by atoms with van der Waals surface area (Å²) < 4.78 is 6.36. The number of carbonyl (C=O) groups is 1. The van der Waals surface area contributed by atoms with Crippen molar-refractivity contribution in [3.8, 4) is 16.9 Å². The molecule has 1 amide bonds. The van der Waals surface area contributed by atoms with E-state index in [0.29, 0.717) is 35.4 Å². The number of hydrazone groups is 1. The molecule has 218 valence electrons. The Morgan fingerprint density at radius 3 is 2.26 bits per heavy atom. The molecule has 0 saturated heterocycles. The standard InChI is InChI=1S/C36H34BrN3O3/c1-43-27-10-7-24(8-11-27)31-17-30(39-40(31)35(42)36-18-21-13-22(19-36)15-23(14-21)20-36)33-32(25-5-3-2-4-6-25)28-16-26(37)9-12-29(28)38-34(33)41/h2-12,16,21-23,31H,13-15,17-20H2,1H3,(H,38,41). The molecule has 9 rings (SSSR count). The van der Waals surface area contributed by atoms with Crippen LogP contribution in [0.15, 0.2) is 87.2 Å². The van der Waals surface area contributed by atoms with Crippen LogP contribution in [0, 0.1) is 23.2 Å². The Bertz CT molecular complexity index is 1790. The number of amides is 1. The highest BCUT2D eigenvalue weighted by molar-refractivity contribution is 9.10. The van der Waals surface area contributed by atoms with Crippen LogP contribution in [0.3, 0.4) is 0 Å². The second-order valence-electron chi connectivity index (χ2n) is 13.1. The number of pyridine rings is 1. The fourth-order valence-electron chi connectivity index (χ4n) is 9.00. The van der Waals surface area contributed by atoms with Gasteiger partial charge in [-0.15, -0.1) is 0 Å². The maximum absolute atomic E-state index is 14.8. The highest BCUT2D eigenvalue weighted by Crippen LogP contribution is 2.61. The summed E-state index contributed by atoms with van der Waals surface area (Å²) in [6, 6.07) is 23.6. The Morgan fingerprint density at radius 1 is 0.930 bits per heavy atom. The molecule has 1 unspecified atom stereocenters. The van der Waals surface area contributed by atoms with Crippen molar-refractivity contribution in [2.24, 2.45) is 28.3 Å². The Kier molecular flexibility index (Phi) is 6.37. The lowest BCUT2D eigenvalue weighted by Crippen LogP contribution is -2.53. The van der Waals surface area contributed by atoms with Crippen LogP contribution in [-0.4, -0.2) is 28.7 Å². The minimum atomic E-state index is -0.346. The molecule has 43 heavy (non-hydrogen) atoms. The molecule has 1 aromatic heterocycles. The molecule has 0 radical (unpaired) electrons. The number of methoxy groups -OCH3 is 1. The van der Waals surface area contributed by atoms with E-state index < -0.39 is 0 Å². The average molecular weight is 637 g/mol. The average Bonchev–Trinajstić information content (AvgIpc) is 3.45. The SMILES string of the molecule is COc1ccc(C2CC(c3c(-c4ccccc4)c4cc(Br)ccc4[nH]c3=O)=NN2C(=O)C23CC4CC(CC(C4)C2)C3)cc1. The summed E-state index contributed by atoms with van der Waals surface area (Å²) in [7, 11) is 1.66. The molecule has 1 atom stereocenters. The summed E-state index contributed by atoms with van der Waals surface area (Å²) in [4.78, 5) is 31.9. The van der Waals surface area contributed by atoms with Crippen LogP contribution in [0.2, 0.25) is 0 Å². The van der Waals surface area contributed by atoms with Gasteiger partial charge in [-0.3, -0.25) is 9.59 Å². The number of fused-ring (bicyclic) bond motifs is 1. The number of H-pyrrole nitrogens is 1. The van der Waals surface area contributed by atoms with E-state index >= 15 is 0 Å². The number of halogens is 1. The van der Waals surface area contributed by atoms with E-state index in [1.807, 2.05) is 72.8 Å². The molecule has 3 aromatic carbocycles. The quantitative estimate of drug-likeness (QED) is 0.242. The number of rotatable bonds is 5. The minimum Gasteiger partial charge on any atom is -0.497 e. The van der Waals surface area contributed by atoms with Crippen molar-refractivity contribution in [1.82, 2.24) is 9.99 Å². The molecule has 7 heteroatoms. The number of aromatic amines is 1. The van der Waals surface area contributed by atoms with Gasteiger partial charge >= 0.3 is 0 Å². The van der Waals surface area contributed by atoms with Crippen molar-refractivity contribution in [1.29, 1.82) is 0 Å². The van der Waals surface area contributed by atoms with Gasteiger partial charge in [0.05, 0.1) is 29.8 Å². The maximum Gasteiger partial charge on any atom is 0.258 e. The normalized spacial score (nSPS) is 27.5. The summed E-state index contributed by atoms with van der Waals surface area (Å²) in [5.74, 6) is 2.85. The molecule has 6 nitrogen and oxygen atoms in total. The van der Waals surface area contributed by atoms with Gasteiger partial charge in [-0.1, -0.05) is 58.4 Å². The van der Waals surface area contributed by atoms with Gasteiger partial charge in [0.1, 0.15) is 5.75 Å². The number of aromatic nitrogens is 1. The Morgan fingerprint density at radius 2 is 1.60 bits per heavy atom. The molecule has 4 aromatic rings. The van der Waals surface area contributed by atoms with Crippen LogP contribution in [0.4, 0.5) is 0 Å². The zero-order valence-corrected chi connectivity index (χ0v) is 25.8. The molecule has 0 spiro atoms. The number of hydrogen-bond acceptors (Lipinski definition) is 4. The van der Waals surface area contributed by atoms with Gasteiger partial charge in [-0.05, 0) is 97.7 Å². The van der Waals surface area contributed by atoms with Gasteiger partial charge in [0, 0.05) is 27.4 Å². The van der Waals surface area contributed by atoms with E-state index in [0.717, 1.165) is 57.1 Å². The smallest absolute Gasteiger partial charge is 0.258 e. The molecule has 2 heterocycles. The van der Waals surface area contributed by atoms with Crippen molar-refractivity contribution in [3.05, 3.63) is 98.7 Å². The highest BCUT2D eigenvalue weighted by Gasteiger charge is 2.57. The number of carbonyl (C=O) groups excluding carboxylic acids is 1. The highest BCUT2D eigenvalue weighted by atomic mass is 79.9. The lowest BCUT2D eigenvalue weighted by Gasteiger charge is -2.56. The first kappa shape index (κ1) is 26.9. The number of ether oxygens (including phenoxy) is 1. The second kappa shape index (κ2) is 10.2. The number of nitrogens with zero attached hydrogens (tertiary/aromatic N) is 2. The molecule has 1 aliphatic heterocycles. The summed E-state index contributed by atoms with van der Waals surface area (Å²) in [5.41, 5.74) is 4.21. The van der Waals surface area contributed by atoms with E-state index in [4.69, 9.17) is 9.84 Å². The zero-order chi connectivity index (χ0) is 29.3. The van der Waals surface area contributed by atoms with Gasteiger partial charge in [-0.25, -0.2) is 5.01 Å². The van der Waals surface area contributed by atoms with Crippen LogP contribution in [0.1, 0.15) is 62.1 Å². The fraction of sp³-hybridized carbons (Fsp3) is 0.361. The summed E-state index contributed by atoms with van der Waals surface area (Å²) >= 11 is 3.64. The molecule has 4 saturated carbocycles. The molecule has 5 aliphatic rings. The maximum atomic E-state index is 14.8. The van der Waals surface area contributed by atoms with Crippen LogP contribution in [0.5, 0.6) is 5.75 Å². The molecular weight excluding hydrogens is 602 g/mol. The third-order valence-corrected chi connectivity index (χ3v) is 10.9. The third-order valence-electron chi connectivity index (χ3n) is 10.4. The van der Waals surface area contributed by atoms with Crippen LogP contribution >= 0.6 is 15.9 Å². The van der Waals surface area contributed by atoms with Crippen LogP contribution in [-0.2, 0) is 4.79 Å². The predicted octanol–water partition coefficient (Wildman–Crippen LogP) is 7.86. The second-order valence-corrected chi connectivity index (χ2v) is 14.1. The summed E-state index contributed by atoms with van der Waals surface area (Å²) in [6.45, 7) is 0. The zero-order valence-electron chi connectivity index (χ0n) is 24.2. The van der Waals surface area contributed by atoms with Crippen molar-refractivity contribution < 1.29 is 9.53 Å². The van der Waals surface area contributed by atoms with Crippen LogP contribution in [0.25, 0.3) is 22.0 Å². The molecule has 4 fully saturated rings. The van der Waals surface area contributed by atoms with Crippen molar-refractivity contribution in [2.75, 3.05) is 7.11 Å². The minimum absolute atomic E-state index is 0.142. The van der Waals surface area contributed by atoms with E-state index in [2.05, 4.69) is 20.9 Å². The van der Waals surface area contributed by atoms with Crippen molar-refractivity contribution in [3.63, 3.8) is 0 Å². The lowest BCUT2D eigenvalue weighted by molar-refractivity contribution is -0.159.